The molecule has 10 heteroatoms. The van der Waals surface area contributed by atoms with Gasteiger partial charge in [-0.3, -0.25) is 13.8 Å². The van der Waals surface area contributed by atoms with Gasteiger partial charge in [0, 0.05) is 23.0 Å². The van der Waals surface area contributed by atoms with Gasteiger partial charge in [-0.1, -0.05) is 12.1 Å². The monoisotopic (exact) mass is 428 g/mol. The van der Waals surface area contributed by atoms with Crippen LogP contribution in [-0.2, 0) is 33.1 Å². The fraction of sp³-hybridized carbons (Fsp3) is 0.263. The zero-order valence-electron chi connectivity index (χ0n) is 15.4. The van der Waals surface area contributed by atoms with Crippen LogP contribution >= 0.6 is 0 Å². The van der Waals surface area contributed by atoms with Gasteiger partial charge in [-0.2, -0.15) is 13.2 Å². The van der Waals surface area contributed by atoms with Crippen LogP contribution in [0.25, 0.3) is 0 Å². The second-order valence-electron chi connectivity index (χ2n) is 5.98. The van der Waals surface area contributed by atoms with E-state index in [9.17, 15) is 27.0 Å². The van der Waals surface area contributed by atoms with Gasteiger partial charge in [-0.05, 0) is 42.0 Å². The van der Waals surface area contributed by atoms with Crippen LogP contribution in [0.3, 0.4) is 0 Å². The van der Waals surface area contributed by atoms with E-state index in [0.717, 1.165) is 12.1 Å². The molecule has 6 nitrogen and oxygen atoms in total. The van der Waals surface area contributed by atoms with Gasteiger partial charge in [0.25, 0.3) is 0 Å². The lowest BCUT2D eigenvalue weighted by Gasteiger charge is -2.10. The zero-order valence-corrected chi connectivity index (χ0v) is 16.2. The Hall–Kier alpha value is -2.88. The number of ether oxygens (including phenoxy) is 1. The normalized spacial score (nSPS) is 12.1. The van der Waals surface area contributed by atoms with E-state index in [1.807, 2.05) is 0 Å². The van der Waals surface area contributed by atoms with Crippen LogP contribution < -0.4 is 15.4 Å². The van der Waals surface area contributed by atoms with E-state index in [2.05, 4.69) is 10.6 Å². The van der Waals surface area contributed by atoms with Gasteiger partial charge < -0.3 is 15.4 Å². The molecular formula is C19H19F3N2O4S. The summed E-state index contributed by atoms with van der Waals surface area (Å²) >= 11 is 0. The Bertz CT molecular complexity index is 886. The second kappa shape index (κ2) is 10.1. The highest BCUT2D eigenvalue weighted by molar-refractivity contribution is 7.86. The molecule has 2 rings (SSSR count). The Morgan fingerprint density at radius 2 is 1.69 bits per heavy atom. The molecule has 156 valence electrons. The Kier molecular flexibility index (Phi) is 7.77. The van der Waals surface area contributed by atoms with Gasteiger partial charge in [0.05, 0.1) is 12.7 Å². The lowest BCUT2D eigenvalue weighted by molar-refractivity contribution is -0.137. The maximum atomic E-state index is 12.7. The summed E-state index contributed by atoms with van der Waals surface area (Å²) in [5.41, 5.74) is -0.0685. The molecule has 0 aliphatic carbocycles. The summed E-state index contributed by atoms with van der Waals surface area (Å²) in [6, 6.07) is 11.1. The second-order valence-corrected chi connectivity index (χ2v) is 7.44. The van der Waals surface area contributed by atoms with E-state index in [0.29, 0.717) is 11.4 Å². The SMILES string of the molecule is COc1ccc(NC(=O)C[S@](=O)CC(=O)NCc2cccc(C(F)(F)F)c2)cc1. The molecule has 0 spiro atoms. The molecule has 0 aliphatic heterocycles. The third-order valence-corrected chi connectivity index (χ3v) is 4.87. The van der Waals surface area contributed by atoms with Crippen LogP contribution in [0.1, 0.15) is 11.1 Å². The minimum absolute atomic E-state index is 0.141. The number of rotatable bonds is 8. The maximum absolute atomic E-state index is 12.7. The third-order valence-electron chi connectivity index (χ3n) is 3.70. The molecule has 0 radical (unpaired) electrons. The molecule has 2 aromatic rings. The largest absolute Gasteiger partial charge is 0.497 e. The quantitative estimate of drug-likeness (QED) is 0.677. The minimum Gasteiger partial charge on any atom is -0.497 e. The Balaban J connectivity index is 1.78. The lowest BCUT2D eigenvalue weighted by Crippen LogP contribution is -2.31. The van der Waals surface area contributed by atoms with Crippen LogP contribution in [0, 0.1) is 0 Å². The number of carbonyl (C=O) groups is 2. The third kappa shape index (κ3) is 7.57. The van der Waals surface area contributed by atoms with Crippen molar-refractivity contribution in [1.82, 2.24) is 5.32 Å². The summed E-state index contributed by atoms with van der Waals surface area (Å²) in [5.74, 6) is -1.36. The van der Waals surface area contributed by atoms with Crippen LogP contribution in [0.5, 0.6) is 5.75 Å². The van der Waals surface area contributed by atoms with Crippen molar-refractivity contribution in [2.45, 2.75) is 12.7 Å². The maximum Gasteiger partial charge on any atom is 0.416 e. The first kappa shape index (κ1) is 22.4. The first-order chi connectivity index (χ1) is 13.7. The summed E-state index contributed by atoms with van der Waals surface area (Å²) in [7, 11) is -0.256. The van der Waals surface area contributed by atoms with Crippen molar-refractivity contribution >= 4 is 28.3 Å². The smallest absolute Gasteiger partial charge is 0.416 e. The first-order valence-electron chi connectivity index (χ1n) is 8.39. The van der Waals surface area contributed by atoms with Crippen molar-refractivity contribution in [1.29, 1.82) is 0 Å². The number of amides is 2. The summed E-state index contributed by atoms with van der Waals surface area (Å²) in [6.07, 6.45) is -4.47. The molecule has 0 saturated carbocycles. The van der Waals surface area contributed by atoms with Gasteiger partial charge in [0.2, 0.25) is 11.8 Å². The van der Waals surface area contributed by atoms with Crippen molar-refractivity contribution < 1.29 is 31.7 Å². The number of carbonyl (C=O) groups excluding carboxylic acids is 2. The Morgan fingerprint density at radius 1 is 1.03 bits per heavy atom. The van der Waals surface area contributed by atoms with Gasteiger partial charge >= 0.3 is 6.18 Å². The summed E-state index contributed by atoms with van der Waals surface area (Å²) < 4.78 is 55.0. The van der Waals surface area contributed by atoms with Crippen LogP contribution in [-0.4, -0.2) is 34.6 Å². The average molecular weight is 428 g/mol. The van der Waals surface area contributed by atoms with Crippen molar-refractivity contribution in [3.63, 3.8) is 0 Å². The summed E-state index contributed by atoms with van der Waals surface area (Å²) in [4.78, 5) is 23.7. The molecule has 0 saturated heterocycles. The van der Waals surface area contributed by atoms with E-state index in [1.54, 1.807) is 24.3 Å². The van der Waals surface area contributed by atoms with E-state index in [-0.39, 0.29) is 17.9 Å². The fourth-order valence-electron chi connectivity index (χ4n) is 2.32. The van der Waals surface area contributed by atoms with Crippen molar-refractivity contribution in [2.24, 2.45) is 0 Å². The molecule has 0 bridgehead atoms. The number of nitrogens with one attached hydrogen (secondary N) is 2. The van der Waals surface area contributed by atoms with Gasteiger partial charge in [0.15, 0.2) is 0 Å². The average Bonchev–Trinajstić information content (AvgIpc) is 2.66. The number of methoxy groups -OCH3 is 1. The fourth-order valence-corrected chi connectivity index (χ4v) is 3.19. The van der Waals surface area contributed by atoms with Crippen molar-refractivity contribution in [3.05, 3.63) is 59.7 Å². The van der Waals surface area contributed by atoms with E-state index in [4.69, 9.17) is 4.74 Å². The number of halogens is 3. The number of benzene rings is 2. The van der Waals surface area contributed by atoms with Gasteiger partial charge in [-0.25, -0.2) is 0 Å². The molecule has 2 N–H and O–H groups in total. The molecule has 29 heavy (non-hydrogen) atoms. The number of hydrogen-bond acceptors (Lipinski definition) is 4. The summed E-state index contributed by atoms with van der Waals surface area (Å²) in [5, 5.41) is 4.95. The van der Waals surface area contributed by atoms with E-state index < -0.39 is 40.1 Å². The van der Waals surface area contributed by atoms with Crippen LogP contribution in [0.4, 0.5) is 18.9 Å². The van der Waals surface area contributed by atoms with Crippen LogP contribution in [0.15, 0.2) is 48.5 Å². The highest BCUT2D eigenvalue weighted by Gasteiger charge is 2.30. The highest BCUT2D eigenvalue weighted by atomic mass is 32.2. The Morgan fingerprint density at radius 3 is 2.31 bits per heavy atom. The van der Waals surface area contributed by atoms with Crippen LogP contribution in [0.2, 0.25) is 0 Å². The minimum atomic E-state index is -4.47. The predicted molar refractivity (Wildman–Crippen MR) is 103 cm³/mol. The standard InChI is InChI=1S/C19H19F3N2O4S/c1-28-16-7-5-15(6-8-16)24-18(26)12-29(27)11-17(25)23-10-13-3-2-4-14(9-13)19(20,21)22/h2-9H,10-12H2,1H3,(H,23,25)(H,24,26)/t29-/m1/s1. The first-order valence-corrected chi connectivity index (χ1v) is 9.88. The molecule has 0 aliphatic rings. The Labute approximate surface area is 167 Å². The molecule has 0 heterocycles. The molecule has 1 atom stereocenters. The van der Waals surface area contributed by atoms with Crippen molar-refractivity contribution in [3.8, 4) is 5.75 Å². The molecule has 0 fully saturated rings. The van der Waals surface area contributed by atoms with E-state index in [1.165, 1.54) is 19.2 Å². The van der Waals surface area contributed by atoms with Crippen molar-refractivity contribution in [2.75, 3.05) is 23.9 Å². The highest BCUT2D eigenvalue weighted by Crippen LogP contribution is 2.29. The molecule has 0 aromatic heterocycles. The lowest BCUT2D eigenvalue weighted by atomic mass is 10.1. The predicted octanol–water partition coefficient (Wildman–Crippen LogP) is 2.72. The van der Waals surface area contributed by atoms with Gasteiger partial charge in [-0.15, -0.1) is 0 Å². The topological polar surface area (TPSA) is 84.5 Å². The molecule has 2 aromatic carbocycles. The zero-order chi connectivity index (χ0) is 21.4. The molecule has 0 unspecified atom stereocenters. The molecular weight excluding hydrogens is 409 g/mol. The number of alkyl halides is 3. The van der Waals surface area contributed by atoms with Gasteiger partial charge in [0.1, 0.15) is 17.3 Å². The molecule has 2 amide bonds. The number of anilines is 1. The van der Waals surface area contributed by atoms with E-state index >= 15 is 0 Å². The summed E-state index contributed by atoms with van der Waals surface area (Å²) in [6.45, 7) is -0.141. The number of hydrogen-bond donors (Lipinski definition) is 2.